The fraction of sp³-hybridized carbons (Fsp3) is 0.435. The number of amides is 1. The number of likely N-dealkylation sites (tertiary alicyclic amines) is 1. The van der Waals surface area contributed by atoms with E-state index < -0.39 is 10.0 Å². The average Bonchev–Trinajstić information content (AvgIpc) is 2.77. The zero-order valence-corrected chi connectivity index (χ0v) is 19.5. The second-order valence-electron chi connectivity index (χ2n) is 7.96. The zero-order valence-electron chi connectivity index (χ0n) is 17.9. The van der Waals surface area contributed by atoms with Gasteiger partial charge in [0.05, 0.1) is 17.6 Å². The Balaban J connectivity index is 1.67. The van der Waals surface area contributed by atoms with Crippen LogP contribution in [-0.2, 0) is 16.4 Å². The van der Waals surface area contributed by atoms with Crippen LogP contribution in [0.5, 0.6) is 5.75 Å². The Morgan fingerprint density at radius 1 is 1.16 bits per heavy atom. The second kappa shape index (κ2) is 10.5. The number of nitrogens with zero attached hydrogens (tertiary/aromatic N) is 1. The van der Waals surface area contributed by atoms with E-state index in [1.807, 2.05) is 24.3 Å². The molecule has 2 aromatic carbocycles. The van der Waals surface area contributed by atoms with Crippen LogP contribution in [0.2, 0.25) is 5.02 Å². The van der Waals surface area contributed by atoms with E-state index in [-0.39, 0.29) is 16.4 Å². The van der Waals surface area contributed by atoms with Crippen LogP contribution >= 0.6 is 11.6 Å². The lowest BCUT2D eigenvalue weighted by molar-refractivity contribution is 0.0693. The van der Waals surface area contributed by atoms with E-state index in [0.29, 0.717) is 42.7 Å². The predicted octanol–water partition coefficient (Wildman–Crippen LogP) is 4.13. The van der Waals surface area contributed by atoms with Gasteiger partial charge in [-0.15, -0.1) is 0 Å². The van der Waals surface area contributed by atoms with Crippen molar-refractivity contribution in [1.82, 2.24) is 9.62 Å². The molecular formula is C23H29ClN2O4S. The van der Waals surface area contributed by atoms with E-state index in [0.717, 1.165) is 24.8 Å². The number of hydrogen-bond donors (Lipinski definition) is 1. The summed E-state index contributed by atoms with van der Waals surface area (Å²) in [7, 11) is -2.26. The molecule has 1 heterocycles. The van der Waals surface area contributed by atoms with Gasteiger partial charge in [-0.3, -0.25) is 4.79 Å². The minimum atomic E-state index is -3.74. The maximum atomic E-state index is 13.0. The Morgan fingerprint density at radius 2 is 1.84 bits per heavy atom. The number of hydrogen-bond acceptors (Lipinski definition) is 4. The molecule has 168 valence electrons. The van der Waals surface area contributed by atoms with E-state index in [1.165, 1.54) is 19.2 Å². The van der Waals surface area contributed by atoms with E-state index in [4.69, 9.17) is 16.3 Å². The molecule has 8 heteroatoms. The van der Waals surface area contributed by atoms with Gasteiger partial charge >= 0.3 is 0 Å². The van der Waals surface area contributed by atoms with Gasteiger partial charge in [-0.05, 0) is 67.5 Å². The lowest BCUT2D eigenvalue weighted by Crippen LogP contribution is -2.38. The maximum Gasteiger partial charge on any atom is 0.257 e. The number of benzene rings is 2. The third-order valence-corrected chi connectivity index (χ3v) is 7.34. The van der Waals surface area contributed by atoms with Crippen LogP contribution in [0.3, 0.4) is 0 Å². The van der Waals surface area contributed by atoms with Crippen molar-refractivity contribution < 1.29 is 17.9 Å². The first kappa shape index (κ1) is 23.6. The van der Waals surface area contributed by atoms with Gasteiger partial charge in [0.25, 0.3) is 5.91 Å². The number of piperidine rings is 1. The maximum absolute atomic E-state index is 13.0. The number of halogens is 1. The summed E-state index contributed by atoms with van der Waals surface area (Å²) in [6.07, 6.45) is 3.27. The van der Waals surface area contributed by atoms with Crippen molar-refractivity contribution in [2.75, 3.05) is 26.7 Å². The largest absolute Gasteiger partial charge is 0.496 e. The molecule has 1 saturated heterocycles. The molecule has 0 spiro atoms. The molecule has 0 atom stereocenters. The summed E-state index contributed by atoms with van der Waals surface area (Å²) in [6.45, 7) is 3.81. The van der Waals surface area contributed by atoms with Crippen LogP contribution in [0.4, 0.5) is 0 Å². The van der Waals surface area contributed by atoms with Crippen molar-refractivity contribution in [3.63, 3.8) is 0 Å². The number of ether oxygens (including phenoxy) is 1. The third kappa shape index (κ3) is 6.21. The summed E-state index contributed by atoms with van der Waals surface area (Å²) in [6, 6.07) is 11.9. The summed E-state index contributed by atoms with van der Waals surface area (Å²) in [5.74, 6) is 0.781. The van der Waals surface area contributed by atoms with Gasteiger partial charge in [-0.2, -0.15) is 0 Å². The van der Waals surface area contributed by atoms with E-state index >= 15 is 0 Å². The first-order chi connectivity index (χ1) is 14.8. The Morgan fingerprint density at radius 3 is 2.48 bits per heavy atom. The number of carbonyl (C=O) groups excluding carboxylic acids is 1. The van der Waals surface area contributed by atoms with Crippen LogP contribution in [0.1, 0.15) is 42.1 Å². The Hall–Kier alpha value is -2.09. The molecule has 2 aromatic rings. The normalized spacial score (nSPS) is 15.1. The standard InChI is InChI=1S/C23H29ClN2O4S/c1-17-11-14-26(15-12-17)23(27)21-16-20(9-10-22(21)30-2)31(28,29)25-13-3-4-18-5-7-19(24)8-6-18/h5-10,16-17,25H,3-4,11-15H2,1-2H3. The molecule has 31 heavy (non-hydrogen) atoms. The fourth-order valence-electron chi connectivity index (χ4n) is 3.64. The summed E-state index contributed by atoms with van der Waals surface area (Å²) in [4.78, 5) is 14.9. The van der Waals surface area contributed by atoms with Crippen molar-refractivity contribution >= 4 is 27.5 Å². The quantitative estimate of drug-likeness (QED) is 0.596. The number of nitrogens with one attached hydrogen (secondary N) is 1. The van der Waals surface area contributed by atoms with Gasteiger partial charge in [0.1, 0.15) is 5.75 Å². The smallest absolute Gasteiger partial charge is 0.257 e. The predicted molar refractivity (Wildman–Crippen MR) is 122 cm³/mol. The molecule has 1 fully saturated rings. The Bertz CT molecular complexity index is 1000. The second-order valence-corrected chi connectivity index (χ2v) is 10.2. The lowest BCUT2D eigenvalue weighted by Gasteiger charge is -2.30. The number of carbonyl (C=O) groups is 1. The van der Waals surface area contributed by atoms with Gasteiger partial charge in [0.15, 0.2) is 0 Å². The molecular weight excluding hydrogens is 436 g/mol. The third-order valence-electron chi connectivity index (χ3n) is 5.63. The molecule has 6 nitrogen and oxygen atoms in total. The molecule has 0 bridgehead atoms. The molecule has 1 amide bonds. The monoisotopic (exact) mass is 464 g/mol. The van der Waals surface area contributed by atoms with Crippen molar-refractivity contribution in [3.8, 4) is 5.75 Å². The molecule has 0 aromatic heterocycles. The molecule has 0 aliphatic carbocycles. The highest BCUT2D eigenvalue weighted by molar-refractivity contribution is 7.89. The topological polar surface area (TPSA) is 75.7 Å². The lowest BCUT2D eigenvalue weighted by atomic mass is 9.98. The number of methoxy groups -OCH3 is 1. The van der Waals surface area contributed by atoms with Crippen molar-refractivity contribution in [2.45, 2.75) is 37.5 Å². The zero-order chi connectivity index (χ0) is 22.4. The minimum absolute atomic E-state index is 0.0634. The van der Waals surface area contributed by atoms with Gasteiger partial charge in [0.2, 0.25) is 10.0 Å². The van der Waals surface area contributed by atoms with E-state index in [1.54, 1.807) is 11.0 Å². The van der Waals surface area contributed by atoms with E-state index in [9.17, 15) is 13.2 Å². The highest BCUT2D eigenvalue weighted by Crippen LogP contribution is 2.26. The molecule has 0 unspecified atom stereocenters. The van der Waals surface area contributed by atoms with Gasteiger partial charge < -0.3 is 9.64 Å². The van der Waals surface area contributed by atoms with Crippen LogP contribution in [-0.4, -0.2) is 46.0 Å². The average molecular weight is 465 g/mol. The molecule has 0 radical (unpaired) electrons. The number of rotatable bonds is 8. The summed E-state index contributed by atoms with van der Waals surface area (Å²) < 4.78 is 33.5. The van der Waals surface area contributed by atoms with Crippen LogP contribution in [0.15, 0.2) is 47.4 Å². The molecule has 1 aliphatic rings. The highest BCUT2D eigenvalue weighted by atomic mass is 35.5. The fourth-order valence-corrected chi connectivity index (χ4v) is 4.86. The van der Waals surface area contributed by atoms with E-state index in [2.05, 4.69) is 11.6 Å². The summed E-state index contributed by atoms with van der Waals surface area (Å²) in [5.41, 5.74) is 1.37. The van der Waals surface area contributed by atoms with Gasteiger partial charge in [0, 0.05) is 24.7 Å². The van der Waals surface area contributed by atoms with Crippen molar-refractivity contribution in [2.24, 2.45) is 5.92 Å². The Kier molecular flexibility index (Phi) is 7.97. The SMILES string of the molecule is COc1ccc(S(=O)(=O)NCCCc2ccc(Cl)cc2)cc1C(=O)N1CCC(C)CC1. The van der Waals surface area contributed by atoms with Crippen molar-refractivity contribution in [3.05, 3.63) is 58.6 Å². The molecule has 1 aliphatic heterocycles. The highest BCUT2D eigenvalue weighted by Gasteiger charge is 2.26. The first-order valence-corrected chi connectivity index (χ1v) is 12.4. The first-order valence-electron chi connectivity index (χ1n) is 10.5. The summed E-state index contributed by atoms with van der Waals surface area (Å²) >= 11 is 5.89. The molecule has 0 saturated carbocycles. The number of sulfonamides is 1. The summed E-state index contributed by atoms with van der Waals surface area (Å²) in [5, 5.41) is 0.674. The van der Waals surface area contributed by atoms with Crippen LogP contribution in [0, 0.1) is 5.92 Å². The molecule has 1 N–H and O–H groups in total. The van der Waals surface area contributed by atoms with Crippen molar-refractivity contribution in [1.29, 1.82) is 0 Å². The Labute approximate surface area is 189 Å². The van der Waals surface area contributed by atoms with Gasteiger partial charge in [-0.25, -0.2) is 13.1 Å². The van der Waals surface area contributed by atoms with Crippen LogP contribution in [0.25, 0.3) is 0 Å². The number of aryl methyl sites for hydroxylation is 1. The van der Waals surface area contributed by atoms with Gasteiger partial charge in [-0.1, -0.05) is 30.7 Å². The van der Waals surface area contributed by atoms with Crippen LogP contribution < -0.4 is 9.46 Å². The molecule has 3 rings (SSSR count). The minimum Gasteiger partial charge on any atom is -0.496 e.